The van der Waals surface area contributed by atoms with Gasteiger partial charge in [-0.25, -0.2) is 0 Å². The molecule has 0 aromatic heterocycles. The monoisotopic (exact) mass is 386 g/mol. The molecule has 0 saturated heterocycles. The fourth-order valence-electron chi connectivity index (χ4n) is 3.34. The SMILES string of the molecule is N#C/C(=C/c1cccc(OCc2cccc3ccccc23)c1)c1ccc(C#N)cc1. The maximum Gasteiger partial charge on any atom is 0.120 e. The van der Waals surface area contributed by atoms with Crippen LogP contribution in [0.2, 0.25) is 0 Å². The Morgan fingerprint density at radius 3 is 2.40 bits per heavy atom. The summed E-state index contributed by atoms with van der Waals surface area (Å²) in [5.41, 5.74) is 3.89. The van der Waals surface area contributed by atoms with Gasteiger partial charge in [0.2, 0.25) is 0 Å². The van der Waals surface area contributed by atoms with Gasteiger partial charge in [0.1, 0.15) is 12.4 Å². The average molecular weight is 386 g/mol. The van der Waals surface area contributed by atoms with Crippen molar-refractivity contribution >= 4 is 22.4 Å². The number of rotatable bonds is 5. The number of benzene rings is 4. The van der Waals surface area contributed by atoms with E-state index in [1.54, 1.807) is 24.3 Å². The second-order valence-corrected chi connectivity index (χ2v) is 6.86. The van der Waals surface area contributed by atoms with Gasteiger partial charge in [-0.15, -0.1) is 0 Å². The third-order valence-corrected chi connectivity index (χ3v) is 4.89. The molecule has 0 aliphatic rings. The van der Waals surface area contributed by atoms with Crippen molar-refractivity contribution in [1.29, 1.82) is 10.5 Å². The van der Waals surface area contributed by atoms with Crippen molar-refractivity contribution in [2.24, 2.45) is 0 Å². The van der Waals surface area contributed by atoms with Crippen molar-refractivity contribution in [3.05, 3.63) is 113 Å². The van der Waals surface area contributed by atoms with E-state index < -0.39 is 0 Å². The molecule has 0 saturated carbocycles. The Balaban J connectivity index is 1.55. The molecular weight excluding hydrogens is 368 g/mol. The molecular formula is C27H18N2O. The van der Waals surface area contributed by atoms with E-state index in [1.165, 1.54) is 10.8 Å². The fraction of sp³-hybridized carbons (Fsp3) is 0.0370. The maximum absolute atomic E-state index is 9.57. The molecule has 0 bridgehead atoms. The first-order chi connectivity index (χ1) is 14.8. The highest BCUT2D eigenvalue weighted by Crippen LogP contribution is 2.23. The van der Waals surface area contributed by atoms with Gasteiger partial charge in [-0.3, -0.25) is 0 Å². The second kappa shape index (κ2) is 8.78. The summed E-state index contributed by atoms with van der Waals surface area (Å²) in [5, 5.41) is 20.9. The van der Waals surface area contributed by atoms with Gasteiger partial charge in [-0.05, 0) is 57.8 Å². The number of nitriles is 2. The highest BCUT2D eigenvalue weighted by Gasteiger charge is 2.04. The van der Waals surface area contributed by atoms with Crippen LogP contribution in [0, 0.1) is 22.7 Å². The molecule has 3 heteroatoms. The van der Waals surface area contributed by atoms with Crippen molar-refractivity contribution < 1.29 is 4.74 Å². The van der Waals surface area contributed by atoms with E-state index in [4.69, 9.17) is 10.00 Å². The Labute approximate surface area is 175 Å². The van der Waals surface area contributed by atoms with Gasteiger partial charge in [0.15, 0.2) is 0 Å². The molecule has 0 radical (unpaired) electrons. The summed E-state index contributed by atoms with van der Waals surface area (Å²) >= 11 is 0. The zero-order valence-electron chi connectivity index (χ0n) is 16.2. The minimum absolute atomic E-state index is 0.468. The van der Waals surface area contributed by atoms with Gasteiger partial charge in [0, 0.05) is 0 Å². The minimum atomic E-state index is 0.468. The fourth-order valence-corrected chi connectivity index (χ4v) is 3.34. The number of hydrogen-bond donors (Lipinski definition) is 0. The first-order valence-corrected chi connectivity index (χ1v) is 9.59. The second-order valence-electron chi connectivity index (χ2n) is 6.86. The lowest BCUT2D eigenvalue weighted by Gasteiger charge is -2.10. The molecule has 142 valence electrons. The predicted octanol–water partition coefficient (Wildman–Crippen LogP) is 6.35. The molecule has 0 unspecified atom stereocenters. The van der Waals surface area contributed by atoms with Crippen LogP contribution in [0.15, 0.2) is 91.0 Å². The van der Waals surface area contributed by atoms with E-state index >= 15 is 0 Å². The summed E-state index contributed by atoms with van der Waals surface area (Å²) in [5.74, 6) is 0.744. The van der Waals surface area contributed by atoms with Crippen LogP contribution >= 0.6 is 0 Å². The van der Waals surface area contributed by atoms with Gasteiger partial charge < -0.3 is 4.74 Å². The highest BCUT2D eigenvalue weighted by molar-refractivity contribution is 5.90. The number of fused-ring (bicyclic) bond motifs is 1. The molecule has 0 aliphatic heterocycles. The van der Waals surface area contributed by atoms with Crippen molar-refractivity contribution in [2.75, 3.05) is 0 Å². The zero-order chi connectivity index (χ0) is 20.8. The molecule has 4 aromatic carbocycles. The summed E-state index contributed by atoms with van der Waals surface area (Å²) < 4.78 is 6.04. The predicted molar refractivity (Wildman–Crippen MR) is 119 cm³/mol. The molecule has 0 amide bonds. The standard InChI is InChI=1S/C27H18N2O/c28-17-20-11-13-22(14-12-20)25(18-29)15-21-5-3-9-26(16-21)30-19-24-8-4-7-23-6-1-2-10-27(23)24/h1-16H,19H2/b25-15-. The van der Waals surface area contributed by atoms with Gasteiger partial charge in [-0.2, -0.15) is 10.5 Å². The summed E-state index contributed by atoms with van der Waals surface area (Å²) in [6.07, 6.45) is 1.83. The van der Waals surface area contributed by atoms with E-state index in [0.29, 0.717) is 17.7 Å². The molecule has 3 nitrogen and oxygen atoms in total. The van der Waals surface area contributed by atoms with Gasteiger partial charge in [0.05, 0.1) is 23.3 Å². The summed E-state index contributed by atoms with van der Waals surface area (Å²) in [7, 11) is 0. The third-order valence-electron chi connectivity index (χ3n) is 4.89. The van der Waals surface area contributed by atoms with E-state index in [9.17, 15) is 5.26 Å². The van der Waals surface area contributed by atoms with Gasteiger partial charge >= 0.3 is 0 Å². The molecule has 4 rings (SSSR count). The molecule has 0 heterocycles. The van der Waals surface area contributed by atoms with Crippen LogP contribution in [0.4, 0.5) is 0 Å². The van der Waals surface area contributed by atoms with Crippen molar-refractivity contribution in [2.45, 2.75) is 6.61 Å². The van der Waals surface area contributed by atoms with Crippen LogP contribution in [0.1, 0.15) is 22.3 Å². The largest absolute Gasteiger partial charge is 0.489 e. The Bertz CT molecular complexity index is 1300. The van der Waals surface area contributed by atoms with Crippen LogP contribution in [0.5, 0.6) is 5.75 Å². The Hall–Kier alpha value is -4.34. The van der Waals surface area contributed by atoms with E-state index in [2.05, 4.69) is 36.4 Å². The smallest absolute Gasteiger partial charge is 0.120 e. The lowest BCUT2D eigenvalue weighted by molar-refractivity contribution is 0.307. The molecule has 0 atom stereocenters. The molecule has 0 aliphatic carbocycles. The zero-order valence-corrected chi connectivity index (χ0v) is 16.2. The Morgan fingerprint density at radius 1 is 0.833 bits per heavy atom. The molecule has 0 fully saturated rings. The van der Waals surface area contributed by atoms with Gasteiger partial charge in [-0.1, -0.05) is 66.7 Å². The highest BCUT2D eigenvalue weighted by atomic mass is 16.5. The number of ether oxygens (including phenoxy) is 1. The van der Waals surface area contributed by atoms with Crippen LogP contribution in [0.25, 0.3) is 22.4 Å². The summed E-state index contributed by atoms with van der Waals surface area (Å²) in [6, 6.07) is 33.5. The topological polar surface area (TPSA) is 56.8 Å². The number of nitrogens with zero attached hydrogens (tertiary/aromatic N) is 2. The van der Waals surface area contributed by atoms with Crippen LogP contribution in [-0.2, 0) is 6.61 Å². The summed E-state index contributed by atoms with van der Waals surface area (Å²) in [4.78, 5) is 0. The number of allylic oxidation sites excluding steroid dienone is 1. The van der Waals surface area contributed by atoms with Crippen LogP contribution in [-0.4, -0.2) is 0 Å². The van der Waals surface area contributed by atoms with Crippen molar-refractivity contribution in [3.8, 4) is 17.9 Å². The minimum Gasteiger partial charge on any atom is -0.489 e. The first kappa shape index (κ1) is 19.0. The quantitative estimate of drug-likeness (QED) is 0.296. The number of hydrogen-bond acceptors (Lipinski definition) is 3. The van der Waals surface area contributed by atoms with Crippen LogP contribution in [0.3, 0.4) is 0 Å². The lowest BCUT2D eigenvalue weighted by Crippen LogP contribution is -1.96. The molecule has 4 aromatic rings. The van der Waals surface area contributed by atoms with Gasteiger partial charge in [0.25, 0.3) is 0 Å². The third kappa shape index (κ3) is 4.22. The average Bonchev–Trinajstić information content (AvgIpc) is 2.81. The van der Waals surface area contributed by atoms with Crippen molar-refractivity contribution in [3.63, 3.8) is 0 Å². The Morgan fingerprint density at radius 2 is 1.60 bits per heavy atom. The first-order valence-electron chi connectivity index (χ1n) is 9.59. The summed E-state index contributed by atoms with van der Waals surface area (Å²) in [6.45, 7) is 0.468. The van der Waals surface area contributed by atoms with E-state index in [-0.39, 0.29) is 0 Å². The van der Waals surface area contributed by atoms with E-state index in [0.717, 1.165) is 22.4 Å². The van der Waals surface area contributed by atoms with Crippen molar-refractivity contribution in [1.82, 2.24) is 0 Å². The molecule has 0 spiro atoms. The maximum atomic E-state index is 9.57. The van der Waals surface area contributed by atoms with E-state index in [1.807, 2.05) is 48.5 Å². The molecule has 0 N–H and O–H groups in total. The molecule has 30 heavy (non-hydrogen) atoms. The lowest BCUT2D eigenvalue weighted by atomic mass is 10.0. The Kier molecular flexibility index (Phi) is 5.56. The normalized spacial score (nSPS) is 10.9. The van der Waals surface area contributed by atoms with Crippen LogP contribution < -0.4 is 4.74 Å².